The average molecular weight is 583 g/mol. The van der Waals surface area contributed by atoms with E-state index < -0.39 is 20.4 Å². The highest BCUT2D eigenvalue weighted by molar-refractivity contribution is 7.99. The molecule has 0 spiro atoms. The van der Waals surface area contributed by atoms with Crippen LogP contribution in [0.15, 0.2) is 89.1 Å². The Morgan fingerprint density at radius 1 is 1.10 bits per heavy atom. The lowest BCUT2D eigenvalue weighted by Gasteiger charge is -2.24. The standard InChI is InChI=1S/C30H31FN2O5S2/c1-20(32-38-21(2)30(3,4)40(5,35)36)25-17-27-28(18-26(25)31)39-16-15-29(34)33(27)19-22-11-13-24(14-12-22)37-23-9-7-6-8-10-23/h6-14,17-18H,2,15-16,19H2,1,3-5H3/b32-20+. The molecule has 7 nitrogen and oxygen atoms in total. The number of benzene rings is 3. The third-order valence-corrected chi connectivity index (χ3v) is 9.87. The number of carbonyl (C=O) groups is 1. The number of para-hydroxylation sites is 1. The van der Waals surface area contributed by atoms with E-state index in [0.29, 0.717) is 28.5 Å². The van der Waals surface area contributed by atoms with E-state index in [-0.39, 0.29) is 29.5 Å². The number of nitrogens with zero attached hydrogens (tertiary/aromatic N) is 2. The number of hydrogen-bond acceptors (Lipinski definition) is 7. The van der Waals surface area contributed by atoms with Crippen molar-refractivity contribution < 1.29 is 27.2 Å². The Morgan fingerprint density at radius 3 is 2.40 bits per heavy atom. The lowest BCUT2D eigenvalue weighted by Crippen LogP contribution is -2.33. The first kappa shape index (κ1) is 29.4. The molecular formula is C30H31FN2O5S2. The lowest BCUT2D eigenvalue weighted by atomic mass is 10.1. The van der Waals surface area contributed by atoms with Gasteiger partial charge in [0.25, 0.3) is 0 Å². The monoisotopic (exact) mass is 582 g/mol. The maximum atomic E-state index is 15.2. The van der Waals surface area contributed by atoms with Gasteiger partial charge in [-0.2, -0.15) is 0 Å². The number of rotatable bonds is 9. The Kier molecular flexibility index (Phi) is 8.70. The highest BCUT2D eigenvalue weighted by atomic mass is 32.2. The van der Waals surface area contributed by atoms with Crippen LogP contribution >= 0.6 is 11.8 Å². The fourth-order valence-electron chi connectivity index (χ4n) is 3.80. The number of fused-ring (bicyclic) bond motifs is 1. The highest BCUT2D eigenvalue weighted by Crippen LogP contribution is 2.37. The first-order chi connectivity index (χ1) is 18.9. The van der Waals surface area contributed by atoms with Crippen molar-refractivity contribution in [2.45, 2.75) is 43.4 Å². The third kappa shape index (κ3) is 6.56. The van der Waals surface area contributed by atoms with Gasteiger partial charge in [-0.15, -0.1) is 11.8 Å². The summed E-state index contributed by atoms with van der Waals surface area (Å²) in [4.78, 5) is 20.8. The van der Waals surface area contributed by atoms with E-state index in [9.17, 15) is 13.2 Å². The Bertz CT molecular complexity index is 1550. The number of sulfone groups is 1. The van der Waals surface area contributed by atoms with Gasteiger partial charge in [-0.1, -0.05) is 42.1 Å². The molecule has 0 fully saturated rings. The molecule has 0 saturated heterocycles. The molecule has 0 aromatic heterocycles. The number of hydrogen-bond donors (Lipinski definition) is 0. The van der Waals surface area contributed by atoms with Crippen molar-refractivity contribution in [3.63, 3.8) is 0 Å². The molecule has 0 unspecified atom stereocenters. The van der Waals surface area contributed by atoms with Crippen LogP contribution < -0.4 is 9.64 Å². The van der Waals surface area contributed by atoms with Gasteiger partial charge in [-0.05, 0) is 62.7 Å². The molecule has 10 heteroatoms. The first-order valence-corrected chi connectivity index (χ1v) is 15.4. The molecule has 0 saturated carbocycles. The van der Waals surface area contributed by atoms with E-state index in [0.717, 1.165) is 17.6 Å². The zero-order valence-electron chi connectivity index (χ0n) is 22.8. The predicted molar refractivity (Wildman–Crippen MR) is 157 cm³/mol. The average Bonchev–Trinajstić information content (AvgIpc) is 3.05. The zero-order chi connectivity index (χ0) is 29.1. The topological polar surface area (TPSA) is 85.3 Å². The zero-order valence-corrected chi connectivity index (χ0v) is 24.4. The van der Waals surface area contributed by atoms with Crippen LogP contribution in [-0.2, 0) is 26.0 Å². The van der Waals surface area contributed by atoms with E-state index in [1.165, 1.54) is 31.7 Å². The number of carbonyl (C=O) groups excluding carboxylic acids is 1. The van der Waals surface area contributed by atoms with Crippen LogP contribution in [0.5, 0.6) is 11.5 Å². The van der Waals surface area contributed by atoms with Gasteiger partial charge in [0.15, 0.2) is 9.84 Å². The SMILES string of the molecule is C=C(O/N=C(\C)c1cc2c(cc1F)SCCC(=O)N2Cc1ccc(Oc2ccccc2)cc1)C(C)(C)S(C)(=O)=O. The summed E-state index contributed by atoms with van der Waals surface area (Å²) in [5, 5.41) is 3.97. The number of halogens is 1. The fraction of sp³-hybridized carbons (Fsp3) is 0.267. The van der Waals surface area contributed by atoms with Crippen molar-refractivity contribution in [1.82, 2.24) is 0 Å². The van der Waals surface area contributed by atoms with E-state index in [2.05, 4.69) is 11.7 Å². The molecule has 3 aromatic rings. The molecule has 4 rings (SSSR count). The minimum absolute atomic E-state index is 0.0810. The Balaban J connectivity index is 1.59. The van der Waals surface area contributed by atoms with E-state index >= 15 is 4.39 Å². The molecule has 3 aromatic carbocycles. The summed E-state index contributed by atoms with van der Waals surface area (Å²) >= 11 is 1.42. The maximum Gasteiger partial charge on any atom is 0.228 e. The summed E-state index contributed by atoms with van der Waals surface area (Å²) in [7, 11) is -3.52. The summed E-state index contributed by atoms with van der Waals surface area (Å²) in [6.07, 6.45) is 1.39. The molecule has 1 aliphatic heterocycles. The van der Waals surface area contributed by atoms with Gasteiger partial charge in [0.05, 0.1) is 17.9 Å². The van der Waals surface area contributed by atoms with Crippen LogP contribution in [0.3, 0.4) is 0 Å². The van der Waals surface area contributed by atoms with Crippen molar-refractivity contribution in [2.24, 2.45) is 5.16 Å². The maximum absolute atomic E-state index is 15.2. The number of anilines is 1. The fourth-order valence-corrected chi connectivity index (χ4v) is 5.25. The Labute approximate surface area is 238 Å². The number of ether oxygens (including phenoxy) is 1. The van der Waals surface area contributed by atoms with Crippen molar-refractivity contribution in [1.29, 1.82) is 0 Å². The second-order valence-corrected chi connectivity index (χ2v) is 13.6. The van der Waals surface area contributed by atoms with Crippen LogP contribution in [0.25, 0.3) is 0 Å². The van der Waals surface area contributed by atoms with Gasteiger partial charge < -0.3 is 14.5 Å². The summed E-state index contributed by atoms with van der Waals surface area (Å²) in [5.41, 5.74) is 1.76. The molecule has 0 radical (unpaired) electrons. The van der Waals surface area contributed by atoms with E-state index in [1.54, 1.807) is 17.9 Å². The van der Waals surface area contributed by atoms with Crippen LogP contribution in [0.2, 0.25) is 0 Å². The molecule has 1 amide bonds. The smallest absolute Gasteiger partial charge is 0.228 e. The summed E-state index contributed by atoms with van der Waals surface area (Å²) in [6.45, 7) is 8.45. The summed E-state index contributed by atoms with van der Waals surface area (Å²) < 4.78 is 43.8. The van der Waals surface area contributed by atoms with Gasteiger partial charge in [-0.3, -0.25) is 4.79 Å². The minimum Gasteiger partial charge on any atom is -0.457 e. The molecule has 0 bridgehead atoms. The third-order valence-electron chi connectivity index (χ3n) is 6.74. The largest absolute Gasteiger partial charge is 0.457 e. The van der Waals surface area contributed by atoms with Crippen LogP contribution in [0.1, 0.15) is 38.3 Å². The summed E-state index contributed by atoms with van der Waals surface area (Å²) in [5.74, 6) is 1.23. The summed E-state index contributed by atoms with van der Waals surface area (Å²) in [6, 6.07) is 19.9. The van der Waals surface area contributed by atoms with Gasteiger partial charge in [0, 0.05) is 28.9 Å². The molecule has 210 valence electrons. The molecule has 0 atom stereocenters. The van der Waals surface area contributed by atoms with Crippen LogP contribution in [0, 0.1) is 5.82 Å². The highest BCUT2D eigenvalue weighted by Gasteiger charge is 2.36. The molecule has 0 aliphatic carbocycles. The Morgan fingerprint density at radius 2 is 1.75 bits per heavy atom. The second kappa shape index (κ2) is 11.9. The Hall–Kier alpha value is -3.63. The quantitative estimate of drug-likeness (QED) is 0.158. The number of amides is 1. The van der Waals surface area contributed by atoms with Crippen LogP contribution in [-0.4, -0.2) is 36.8 Å². The minimum atomic E-state index is -3.52. The van der Waals surface area contributed by atoms with Gasteiger partial charge in [0.1, 0.15) is 27.8 Å². The number of oxime groups is 1. The van der Waals surface area contributed by atoms with Crippen LogP contribution in [0.4, 0.5) is 10.1 Å². The first-order valence-electron chi connectivity index (χ1n) is 12.6. The van der Waals surface area contributed by atoms with Crippen molar-refractivity contribution in [2.75, 3.05) is 16.9 Å². The lowest BCUT2D eigenvalue weighted by molar-refractivity contribution is -0.118. The normalized spacial score (nSPS) is 14.4. The number of thioether (sulfide) groups is 1. The molecule has 1 aliphatic rings. The van der Waals surface area contributed by atoms with Crippen molar-refractivity contribution in [3.8, 4) is 11.5 Å². The second-order valence-electron chi connectivity index (χ2n) is 9.91. The van der Waals surface area contributed by atoms with E-state index in [4.69, 9.17) is 9.57 Å². The van der Waals surface area contributed by atoms with E-state index in [1.807, 2.05) is 54.6 Å². The van der Waals surface area contributed by atoms with Gasteiger partial charge in [-0.25, -0.2) is 12.8 Å². The molecule has 0 N–H and O–H groups in total. The van der Waals surface area contributed by atoms with Crippen molar-refractivity contribution >= 4 is 38.9 Å². The molecule has 40 heavy (non-hydrogen) atoms. The molecule has 1 heterocycles. The van der Waals surface area contributed by atoms with Gasteiger partial charge in [0.2, 0.25) is 5.91 Å². The van der Waals surface area contributed by atoms with Gasteiger partial charge >= 0.3 is 0 Å². The van der Waals surface area contributed by atoms with Crippen molar-refractivity contribution in [3.05, 3.63) is 96.0 Å². The molecular weight excluding hydrogens is 551 g/mol. The predicted octanol–water partition coefficient (Wildman–Crippen LogP) is 6.72.